The smallest absolute Gasteiger partial charge is 0.177 e. The van der Waals surface area contributed by atoms with Crippen molar-refractivity contribution in [3.05, 3.63) is 28.2 Å². The fourth-order valence-corrected chi connectivity index (χ4v) is 3.94. The number of thiophene rings is 1. The average molecular weight is 412 g/mol. The van der Waals surface area contributed by atoms with E-state index in [2.05, 4.69) is 58.7 Å². The molecule has 1 aromatic heterocycles. The fourth-order valence-electron chi connectivity index (χ4n) is 2.71. The number of hydrogen-bond donors (Lipinski definition) is 1. The molecule has 4 heteroatoms. The summed E-state index contributed by atoms with van der Waals surface area (Å²) >= 11 is 1.50. The number of rotatable bonds is 3. The van der Waals surface area contributed by atoms with Crippen LogP contribution in [0.1, 0.15) is 64.4 Å². The van der Waals surface area contributed by atoms with Crippen LogP contribution in [0.2, 0.25) is 0 Å². The minimum atomic E-state index is 0. The van der Waals surface area contributed by atoms with E-state index < -0.39 is 0 Å². The SMILES string of the molecule is CC(C)(C)CC1=CC=NC1c1cc(CC(C)(C)C)sc1O.[Pd]. The van der Waals surface area contributed by atoms with Crippen molar-refractivity contribution < 1.29 is 25.5 Å². The van der Waals surface area contributed by atoms with Crippen LogP contribution in [0.15, 0.2) is 22.7 Å². The largest absolute Gasteiger partial charge is 0.499 e. The van der Waals surface area contributed by atoms with Gasteiger partial charge in [0, 0.05) is 37.1 Å². The molecule has 2 nitrogen and oxygen atoms in total. The second-order valence-corrected chi connectivity index (χ2v) is 9.51. The summed E-state index contributed by atoms with van der Waals surface area (Å²) < 4.78 is 0. The number of aliphatic imine (C=N–C) groups is 1. The van der Waals surface area contributed by atoms with Gasteiger partial charge in [0.15, 0.2) is 5.06 Å². The summed E-state index contributed by atoms with van der Waals surface area (Å²) in [5.41, 5.74) is 2.75. The quantitative estimate of drug-likeness (QED) is 0.652. The van der Waals surface area contributed by atoms with Crippen LogP contribution in [-0.4, -0.2) is 11.3 Å². The first-order chi connectivity index (χ1) is 9.55. The van der Waals surface area contributed by atoms with E-state index in [4.69, 9.17) is 0 Å². The summed E-state index contributed by atoms with van der Waals surface area (Å²) in [6, 6.07) is 2.16. The molecule has 2 heterocycles. The molecule has 1 aliphatic heterocycles. The Morgan fingerprint density at radius 1 is 1.09 bits per heavy atom. The third-order valence-corrected chi connectivity index (χ3v) is 4.35. The molecular weight excluding hydrogens is 385 g/mol. The molecule has 0 bridgehead atoms. The number of nitrogens with zero attached hydrogens (tertiary/aromatic N) is 1. The summed E-state index contributed by atoms with van der Waals surface area (Å²) in [5.74, 6) is 0. The van der Waals surface area contributed by atoms with Crippen LogP contribution in [0.25, 0.3) is 0 Å². The summed E-state index contributed by atoms with van der Waals surface area (Å²) in [6.07, 6.45) is 5.98. The maximum atomic E-state index is 10.3. The van der Waals surface area contributed by atoms with E-state index in [1.165, 1.54) is 21.8 Å². The van der Waals surface area contributed by atoms with E-state index >= 15 is 0 Å². The first-order valence-corrected chi connectivity index (χ1v) is 8.41. The van der Waals surface area contributed by atoms with E-state index in [0.29, 0.717) is 5.06 Å². The van der Waals surface area contributed by atoms with Crippen LogP contribution in [0.3, 0.4) is 0 Å². The minimum absolute atomic E-state index is 0. The zero-order valence-corrected chi connectivity index (χ0v) is 16.7. The van der Waals surface area contributed by atoms with Gasteiger partial charge >= 0.3 is 0 Å². The van der Waals surface area contributed by atoms with E-state index in [9.17, 15) is 5.11 Å². The summed E-state index contributed by atoms with van der Waals surface area (Å²) in [6.45, 7) is 13.4. The molecule has 1 atom stereocenters. The first-order valence-electron chi connectivity index (χ1n) is 7.59. The maximum absolute atomic E-state index is 10.3. The zero-order chi connectivity index (χ0) is 15.8. The Hall–Kier alpha value is -0.428. The van der Waals surface area contributed by atoms with Gasteiger partial charge in [-0.2, -0.15) is 0 Å². The van der Waals surface area contributed by atoms with Gasteiger partial charge in [0.1, 0.15) is 6.04 Å². The van der Waals surface area contributed by atoms with Crippen LogP contribution in [0, 0.1) is 10.8 Å². The van der Waals surface area contributed by atoms with Crippen molar-refractivity contribution in [3.63, 3.8) is 0 Å². The van der Waals surface area contributed by atoms with E-state index in [1.54, 1.807) is 0 Å². The normalized spacial score (nSPS) is 18.3. The summed E-state index contributed by atoms with van der Waals surface area (Å²) in [4.78, 5) is 5.81. The minimum Gasteiger partial charge on any atom is -0.499 e. The van der Waals surface area contributed by atoms with Crippen molar-refractivity contribution in [2.75, 3.05) is 0 Å². The molecule has 0 saturated carbocycles. The number of hydrogen-bond acceptors (Lipinski definition) is 3. The molecule has 1 aliphatic rings. The second kappa shape index (κ2) is 6.99. The predicted octanol–water partition coefficient (Wildman–Crippen LogP) is 5.53. The van der Waals surface area contributed by atoms with Gasteiger partial charge in [-0.25, -0.2) is 0 Å². The Bertz CT molecular complexity index is 573. The number of aromatic hydroxyl groups is 1. The molecule has 22 heavy (non-hydrogen) atoms. The molecule has 1 N–H and O–H groups in total. The Labute approximate surface area is 152 Å². The summed E-state index contributed by atoms with van der Waals surface area (Å²) in [7, 11) is 0. The van der Waals surface area contributed by atoms with Gasteiger partial charge in [-0.1, -0.05) is 41.5 Å². The van der Waals surface area contributed by atoms with E-state index in [0.717, 1.165) is 18.4 Å². The average Bonchev–Trinajstić information content (AvgIpc) is 2.80. The first kappa shape index (κ1) is 19.6. The van der Waals surface area contributed by atoms with Crippen LogP contribution < -0.4 is 0 Å². The van der Waals surface area contributed by atoms with Crippen LogP contribution in [-0.2, 0) is 26.8 Å². The van der Waals surface area contributed by atoms with E-state index in [-0.39, 0.29) is 37.3 Å². The third kappa shape index (κ3) is 5.34. The molecule has 1 aromatic rings. The van der Waals surface area contributed by atoms with Crippen LogP contribution in [0.4, 0.5) is 0 Å². The Morgan fingerprint density at radius 3 is 2.23 bits per heavy atom. The van der Waals surface area contributed by atoms with Gasteiger partial charge in [0.2, 0.25) is 0 Å². The molecule has 0 amide bonds. The summed E-state index contributed by atoms with van der Waals surface area (Å²) in [5, 5.41) is 10.8. The zero-order valence-electron chi connectivity index (χ0n) is 14.3. The monoisotopic (exact) mass is 411 g/mol. The molecule has 0 aliphatic carbocycles. The molecule has 1 unspecified atom stereocenters. The molecule has 126 valence electrons. The molecule has 0 fully saturated rings. The van der Waals surface area contributed by atoms with Crippen molar-refractivity contribution in [2.24, 2.45) is 15.8 Å². The Morgan fingerprint density at radius 2 is 1.68 bits per heavy atom. The van der Waals surface area contributed by atoms with Crippen LogP contribution in [0.5, 0.6) is 5.06 Å². The van der Waals surface area contributed by atoms with Gasteiger partial charge in [-0.15, -0.1) is 11.3 Å². The van der Waals surface area contributed by atoms with E-state index in [1.807, 2.05) is 6.21 Å². The van der Waals surface area contributed by atoms with Gasteiger partial charge in [0.05, 0.1) is 0 Å². The van der Waals surface area contributed by atoms with Crippen molar-refractivity contribution in [3.8, 4) is 5.06 Å². The Balaban J connectivity index is 0.00000242. The van der Waals surface area contributed by atoms with Crippen molar-refractivity contribution >= 4 is 17.6 Å². The van der Waals surface area contributed by atoms with Gasteiger partial charge in [-0.3, -0.25) is 4.99 Å². The number of allylic oxidation sites excluding steroid dienone is 1. The maximum Gasteiger partial charge on any atom is 0.177 e. The molecule has 2 rings (SSSR count). The predicted molar refractivity (Wildman–Crippen MR) is 92.5 cm³/mol. The van der Waals surface area contributed by atoms with Gasteiger partial charge < -0.3 is 5.11 Å². The molecule has 0 radical (unpaired) electrons. The van der Waals surface area contributed by atoms with Crippen molar-refractivity contribution in [1.29, 1.82) is 0 Å². The van der Waals surface area contributed by atoms with Crippen molar-refractivity contribution in [1.82, 2.24) is 0 Å². The van der Waals surface area contributed by atoms with Gasteiger partial charge in [-0.05, 0) is 41.4 Å². The fraction of sp³-hybridized carbons (Fsp3) is 0.611. The molecular formula is C18H27NOPdS. The standard InChI is InChI=1S/C18H27NOS.Pd/c1-17(2,3)10-12-7-8-19-15(12)14-9-13(21-16(14)20)11-18(4,5)6;/h7-9,15,20H,10-11H2,1-6H3;. The Kier molecular flexibility index (Phi) is 6.24. The topological polar surface area (TPSA) is 32.6 Å². The second-order valence-electron chi connectivity index (χ2n) is 8.39. The van der Waals surface area contributed by atoms with Crippen LogP contribution >= 0.6 is 11.3 Å². The molecule has 0 aromatic carbocycles. The third-order valence-electron chi connectivity index (χ3n) is 3.40. The van der Waals surface area contributed by atoms with Crippen molar-refractivity contribution in [2.45, 2.75) is 60.4 Å². The van der Waals surface area contributed by atoms with Gasteiger partial charge in [0.25, 0.3) is 0 Å². The molecule has 0 spiro atoms. The molecule has 0 saturated heterocycles.